The number of aryl methyl sites for hydroxylation is 1. The molecule has 0 aliphatic rings. The molecule has 192 valence electrons. The fourth-order valence-corrected chi connectivity index (χ4v) is 4.05. The monoisotopic (exact) mass is 551 g/mol. The molecule has 0 aromatic heterocycles. The number of carbonyl (C=O) groups excluding carboxylic acids is 2. The maximum Gasteiger partial charge on any atom is 0.417 e. The second-order valence-corrected chi connectivity index (χ2v) is 9.70. The van der Waals surface area contributed by atoms with Crippen LogP contribution >= 0.6 is 11.6 Å². The Morgan fingerprint density at radius 3 is 2.38 bits per heavy atom. The van der Waals surface area contributed by atoms with Gasteiger partial charge in [0.05, 0.1) is 27.7 Å². The summed E-state index contributed by atoms with van der Waals surface area (Å²) in [4.78, 5) is 25.4. The van der Waals surface area contributed by atoms with Crippen molar-refractivity contribution in [3.05, 3.63) is 87.4 Å². The number of nitrogens with two attached hydrogens (primary N) is 1. The van der Waals surface area contributed by atoms with Gasteiger partial charge in [-0.25, -0.2) is 13.6 Å². The summed E-state index contributed by atoms with van der Waals surface area (Å²) in [5.74, 6) is -1.98. The molecule has 0 atom stereocenters. The highest BCUT2D eigenvalue weighted by Gasteiger charge is 2.36. The zero-order valence-corrected chi connectivity index (χ0v) is 20.5. The molecular formula is C24H17ClF3N3O5S. The van der Waals surface area contributed by atoms with Gasteiger partial charge in [0.2, 0.25) is 10.0 Å². The Balaban J connectivity index is 1.85. The number of ether oxygens (including phenoxy) is 1. The molecule has 8 nitrogen and oxygen atoms in total. The van der Waals surface area contributed by atoms with Crippen LogP contribution in [0.1, 0.15) is 32.6 Å². The van der Waals surface area contributed by atoms with Crippen LogP contribution in [0, 0.1) is 18.3 Å². The van der Waals surface area contributed by atoms with E-state index in [0.29, 0.717) is 11.6 Å². The van der Waals surface area contributed by atoms with Crippen molar-refractivity contribution in [1.82, 2.24) is 0 Å². The molecule has 0 saturated carbocycles. The van der Waals surface area contributed by atoms with E-state index >= 15 is 0 Å². The van der Waals surface area contributed by atoms with Gasteiger partial charge in [-0.1, -0.05) is 11.6 Å². The zero-order valence-electron chi connectivity index (χ0n) is 18.9. The Morgan fingerprint density at radius 2 is 1.78 bits per heavy atom. The average molecular weight is 552 g/mol. The molecule has 3 aromatic carbocycles. The van der Waals surface area contributed by atoms with Crippen LogP contribution < -0.4 is 15.2 Å². The molecule has 0 fully saturated rings. The normalized spacial score (nSPS) is 11.5. The van der Waals surface area contributed by atoms with E-state index in [1.54, 1.807) is 6.07 Å². The third kappa shape index (κ3) is 6.65. The third-order valence-corrected chi connectivity index (χ3v) is 6.19. The lowest BCUT2D eigenvalue weighted by Gasteiger charge is -2.15. The Bertz CT molecular complexity index is 1550. The fourth-order valence-electron chi connectivity index (χ4n) is 3.28. The first-order valence-electron chi connectivity index (χ1n) is 10.2. The van der Waals surface area contributed by atoms with Gasteiger partial charge in [0.25, 0.3) is 5.91 Å². The SMILES string of the molecule is Cc1cc(S(N)(=O)=O)ccc1NC(=O)COc1ccc(Cl)cc1C(=O)c1ccc(C#N)cc1C(F)(F)F. The van der Waals surface area contributed by atoms with Crippen LogP contribution in [0.5, 0.6) is 5.75 Å². The van der Waals surface area contributed by atoms with E-state index in [1.165, 1.54) is 37.3 Å². The molecule has 0 aliphatic carbocycles. The van der Waals surface area contributed by atoms with Crippen molar-refractivity contribution in [1.29, 1.82) is 5.26 Å². The largest absolute Gasteiger partial charge is 0.483 e. The standard InChI is InChI=1S/C24H17ClF3N3O5S/c1-13-8-16(37(30,34)35)4-6-20(13)31-22(32)12-36-21-7-3-15(25)10-18(21)23(33)17-5-2-14(11-29)9-19(17)24(26,27)28/h2-10H,12H2,1H3,(H,31,32)(H2,30,34,35). The van der Waals surface area contributed by atoms with Crippen LogP contribution in [0.4, 0.5) is 18.9 Å². The number of nitriles is 1. The van der Waals surface area contributed by atoms with Crippen molar-refractivity contribution in [3.63, 3.8) is 0 Å². The van der Waals surface area contributed by atoms with Crippen molar-refractivity contribution >= 4 is 39.0 Å². The number of halogens is 4. The van der Waals surface area contributed by atoms with Gasteiger partial charge in [-0.05, 0) is 67.1 Å². The summed E-state index contributed by atoms with van der Waals surface area (Å²) in [6.45, 7) is 0.898. The minimum absolute atomic E-state index is 0.0351. The Morgan fingerprint density at radius 1 is 1.08 bits per heavy atom. The molecular weight excluding hydrogens is 535 g/mol. The number of ketones is 1. The number of benzene rings is 3. The smallest absolute Gasteiger partial charge is 0.417 e. The molecule has 0 radical (unpaired) electrons. The molecule has 0 spiro atoms. The van der Waals surface area contributed by atoms with Crippen molar-refractivity contribution < 1.29 is 35.9 Å². The molecule has 3 aromatic rings. The van der Waals surface area contributed by atoms with E-state index in [4.69, 9.17) is 26.7 Å². The van der Waals surface area contributed by atoms with Crippen LogP contribution in [0.2, 0.25) is 5.02 Å². The molecule has 0 heterocycles. The summed E-state index contributed by atoms with van der Waals surface area (Å²) in [6.07, 6.45) is -4.92. The van der Waals surface area contributed by atoms with Crippen LogP contribution in [-0.4, -0.2) is 26.7 Å². The second-order valence-electron chi connectivity index (χ2n) is 7.70. The van der Waals surface area contributed by atoms with Gasteiger partial charge < -0.3 is 10.1 Å². The van der Waals surface area contributed by atoms with Gasteiger partial charge in [0.15, 0.2) is 12.4 Å². The van der Waals surface area contributed by atoms with Gasteiger partial charge in [-0.15, -0.1) is 0 Å². The van der Waals surface area contributed by atoms with Crippen LogP contribution in [-0.2, 0) is 21.0 Å². The van der Waals surface area contributed by atoms with E-state index < -0.39 is 45.6 Å². The molecule has 3 rings (SSSR count). The van der Waals surface area contributed by atoms with E-state index in [1.807, 2.05) is 0 Å². The quantitative estimate of drug-likeness (QED) is 0.416. The van der Waals surface area contributed by atoms with E-state index in [0.717, 1.165) is 18.2 Å². The minimum Gasteiger partial charge on any atom is -0.483 e. The molecule has 3 N–H and O–H groups in total. The molecule has 0 aliphatic heterocycles. The molecule has 1 amide bonds. The number of hydrogen-bond donors (Lipinski definition) is 2. The van der Waals surface area contributed by atoms with Crippen LogP contribution in [0.15, 0.2) is 59.5 Å². The van der Waals surface area contributed by atoms with Gasteiger partial charge >= 0.3 is 6.18 Å². The second kappa shape index (κ2) is 10.6. The summed E-state index contributed by atoms with van der Waals surface area (Å²) in [6, 6.07) is 11.6. The minimum atomic E-state index is -4.92. The highest BCUT2D eigenvalue weighted by molar-refractivity contribution is 7.89. The summed E-state index contributed by atoms with van der Waals surface area (Å²) < 4.78 is 69.1. The Hall–Kier alpha value is -3.92. The van der Waals surface area contributed by atoms with Crippen LogP contribution in [0.3, 0.4) is 0 Å². The lowest BCUT2D eigenvalue weighted by Crippen LogP contribution is -2.22. The van der Waals surface area contributed by atoms with E-state index in [-0.39, 0.29) is 32.5 Å². The third-order valence-electron chi connectivity index (χ3n) is 5.04. The summed E-state index contributed by atoms with van der Waals surface area (Å²) in [7, 11) is -3.94. The highest BCUT2D eigenvalue weighted by atomic mass is 35.5. The number of alkyl halides is 3. The number of nitrogens with zero attached hydrogens (tertiary/aromatic N) is 1. The van der Waals surface area contributed by atoms with Crippen molar-refractivity contribution in [2.75, 3.05) is 11.9 Å². The number of amides is 1. The topological polar surface area (TPSA) is 139 Å². The molecule has 37 heavy (non-hydrogen) atoms. The predicted octanol–water partition coefficient (Wildman–Crippen LogP) is 4.43. The zero-order chi connectivity index (χ0) is 27.5. The van der Waals surface area contributed by atoms with Gasteiger partial charge in [-0.2, -0.15) is 18.4 Å². The van der Waals surface area contributed by atoms with Crippen molar-refractivity contribution in [3.8, 4) is 11.8 Å². The van der Waals surface area contributed by atoms with Crippen molar-refractivity contribution in [2.45, 2.75) is 18.0 Å². The number of sulfonamides is 1. The first-order chi connectivity index (χ1) is 17.2. The highest BCUT2D eigenvalue weighted by Crippen LogP contribution is 2.35. The van der Waals surface area contributed by atoms with Crippen LogP contribution in [0.25, 0.3) is 0 Å². The lowest BCUT2D eigenvalue weighted by molar-refractivity contribution is -0.137. The molecule has 0 bridgehead atoms. The molecule has 0 saturated heterocycles. The number of rotatable bonds is 7. The van der Waals surface area contributed by atoms with E-state index in [9.17, 15) is 31.2 Å². The summed E-state index contributed by atoms with van der Waals surface area (Å²) >= 11 is 5.95. The number of anilines is 1. The van der Waals surface area contributed by atoms with Crippen molar-refractivity contribution in [2.24, 2.45) is 5.14 Å². The number of nitrogens with one attached hydrogen (secondary N) is 1. The lowest BCUT2D eigenvalue weighted by atomic mass is 9.95. The predicted molar refractivity (Wildman–Crippen MR) is 128 cm³/mol. The number of carbonyl (C=O) groups is 2. The first-order valence-corrected chi connectivity index (χ1v) is 12.1. The maximum absolute atomic E-state index is 13.6. The Kier molecular flexibility index (Phi) is 7.92. The molecule has 13 heteroatoms. The Labute approximate surface area is 214 Å². The van der Waals surface area contributed by atoms with E-state index in [2.05, 4.69) is 5.32 Å². The fraction of sp³-hybridized carbons (Fsp3) is 0.125. The number of primary sulfonamides is 1. The summed E-state index contributed by atoms with van der Waals surface area (Å²) in [5.41, 5.74) is -1.99. The first kappa shape index (κ1) is 27.7. The van der Waals surface area contributed by atoms with Gasteiger partial charge in [0.1, 0.15) is 5.75 Å². The number of hydrogen-bond acceptors (Lipinski definition) is 6. The average Bonchev–Trinajstić information content (AvgIpc) is 2.82. The summed E-state index contributed by atoms with van der Waals surface area (Å²) in [5, 5.41) is 16.6. The van der Waals surface area contributed by atoms with Gasteiger partial charge in [0, 0.05) is 16.3 Å². The maximum atomic E-state index is 13.6. The van der Waals surface area contributed by atoms with Gasteiger partial charge in [-0.3, -0.25) is 9.59 Å². The molecule has 0 unspecified atom stereocenters.